The van der Waals surface area contributed by atoms with E-state index in [1.165, 1.54) is 0 Å². The molecule has 1 aliphatic carbocycles. The fourth-order valence-electron chi connectivity index (χ4n) is 1.48. The van der Waals surface area contributed by atoms with E-state index in [0.717, 1.165) is 19.3 Å². The second kappa shape index (κ2) is 3.29. The van der Waals surface area contributed by atoms with Gasteiger partial charge in [0.05, 0.1) is 5.25 Å². The molecule has 5 heteroatoms. The van der Waals surface area contributed by atoms with Crippen LogP contribution in [0.4, 0.5) is 0 Å². The summed E-state index contributed by atoms with van der Waals surface area (Å²) in [6.45, 7) is 0. The summed E-state index contributed by atoms with van der Waals surface area (Å²) in [5.74, 6) is 0. The van der Waals surface area contributed by atoms with Gasteiger partial charge in [0, 0.05) is 16.7 Å². The fraction of sp³-hybridized carbons (Fsp3) is 1.00. The van der Waals surface area contributed by atoms with Crippen LogP contribution in [0, 0.1) is 0 Å². The molecule has 2 unspecified atom stereocenters. The first-order valence-electron chi connectivity index (χ1n) is 3.71. The van der Waals surface area contributed by atoms with Gasteiger partial charge in [-0.2, -0.15) is 0 Å². The lowest BCUT2D eigenvalue weighted by molar-refractivity contribution is 0.436. The van der Waals surface area contributed by atoms with Gasteiger partial charge in [-0.15, -0.1) is 0 Å². The highest BCUT2D eigenvalue weighted by molar-refractivity contribution is 8.14. The Morgan fingerprint density at radius 2 is 1.82 bits per heavy atom. The van der Waals surface area contributed by atoms with Crippen LogP contribution in [0.2, 0.25) is 0 Å². The predicted molar refractivity (Wildman–Crippen MR) is 45.0 cm³/mol. The Morgan fingerprint density at radius 3 is 2.18 bits per heavy atom. The molecule has 1 fully saturated rings. The Morgan fingerprint density at radius 1 is 1.27 bits per heavy atom. The Balaban J connectivity index is 2.70. The zero-order valence-corrected chi connectivity index (χ0v) is 7.74. The largest absolute Gasteiger partial charge is 0.326 e. The Kier molecular flexibility index (Phi) is 2.78. The number of nitrogens with two attached hydrogens (primary N) is 1. The minimum Gasteiger partial charge on any atom is -0.326 e. The summed E-state index contributed by atoms with van der Waals surface area (Å²) in [5, 5.41) is -0.516. The van der Waals surface area contributed by atoms with Crippen molar-refractivity contribution in [2.75, 3.05) is 0 Å². The molecular weight excluding hydrogens is 186 g/mol. The number of halogens is 1. The highest BCUT2D eigenvalue weighted by Gasteiger charge is 2.31. The Hall–Kier alpha value is 0.200. The van der Waals surface area contributed by atoms with E-state index in [4.69, 9.17) is 16.4 Å². The van der Waals surface area contributed by atoms with E-state index in [1.807, 2.05) is 0 Å². The lowest BCUT2D eigenvalue weighted by Crippen LogP contribution is -2.40. The molecule has 3 nitrogen and oxygen atoms in total. The summed E-state index contributed by atoms with van der Waals surface area (Å²) in [6, 6.07) is -0.258. The molecule has 1 saturated carbocycles. The summed E-state index contributed by atoms with van der Waals surface area (Å²) >= 11 is 0. The van der Waals surface area contributed by atoms with Crippen molar-refractivity contribution in [3.63, 3.8) is 0 Å². The number of rotatable bonds is 1. The quantitative estimate of drug-likeness (QED) is 0.634. The zero-order valence-electron chi connectivity index (χ0n) is 6.16. The van der Waals surface area contributed by atoms with Gasteiger partial charge in [0.1, 0.15) is 0 Å². The van der Waals surface area contributed by atoms with Crippen LogP contribution in [0.25, 0.3) is 0 Å². The molecule has 0 aliphatic heterocycles. The van der Waals surface area contributed by atoms with Gasteiger partial charge in [-0.25, -0.2) is 8.42 Å². The van der Waals surface area contributed by atoms with Crippen molar-refractivity contribution in [2.45, 2.75) is 37.0 Å². The predicted octanol–water partition coefficient (Wildman–Crippen LogP) is 0.825. The molecule has 1 rings (SSSR count). The van der Waals surface area contributed by atoms with Gasteiger partial charge in [0.15, 0.2) is 0 Å². The van der Waals surface area contributed by atoms with Crippen LogP contribution in [0.1, 0.15) is 25.7 Å². The summed E-state index contributed by atoms with van der Waals surface area (Å²) < 4.78 is 21.8. The van der Waals surface area contributed by atoms with Crippen molar-refractivity contribution >= 4 is 19.7 Å². The van der Waals surface area contributed by atoms with Crippen molar-refractivity contribution in [2.24, 2.45) is 5.73 Å². The highest BCUT2D eigenvalue weighted by Crippen LogP contribution is 2.24. The third-order valence-corrected chi connectivity index (χ3v) is 4.11. The molecule has 0 aromatic carbocycles. The Bertz CT molecular complexity index is 227. The topological polar surface area (TPSA) is 60.2 Å². The molecule has 1 aliphatic rings. The van der Waals surface area contributed by atoms with Crippen LogP contribution in [0.15, 0.2) is 0 Å². The van der Waals surface area contributed by atoms with Crippen molar-refractivity contribution in [1.82, 2.24) is 0 Å². The zero-order chi connectivity index (χ0) is 8.48. The normalized spacial score (nSPS) is 33.6. The van der Waals surface area contributed by atoms with Gasteiger partial charge < -0.3 is 5.73 Å². The van der Waals surface area contributed by atoms with Gasteiger partial charge in [-0.1, -0.05) is 12.8 Å². The first-order chi connectivity index (χ1) is 5.02. The van der Waals surface area contributed by atoms with Gasteiger partial charge in [-0.3, -0.25) is 0 Å². The molecule has 0 bridgehead atoms. The SMILES string of the molecule is NC1CCCCC1S(=O)(=O)Cl. The number of hydrogen-bond acceptors (Lipinski definition) is 3. The molecule has 2 atom stereocenters. The minimum atomic E-state index is -3.43. The van der Waals surface area contributed by atoms with Crippen LogP contribution in [0.3, 0.4) is 0 Å². The van der Waals surface area contributed by atoms with E-state index in [9.17, 15) is 8.42 Å². The van der Waals surface area contributed by atoms with E-state index in [-0.39, 0.29) is 6.04 Å². The molecule has 0 spiro atoms. The molecule has 11 heavy (non-hydrogen) atoms. The fourth-order valence-corrected chi connectivity index (χ4v) is 3.14. The molecule has 0 saturated heterocycles. The van der Waals surface area contributed by atoms with E-state index in [0.29, 0.717) is 6.42 Å². The maximum absolute atomic E-state index is 10.9. The van der Waals surface area contributed by atoms with Crippen LogP contribution in [-0.2, 0) is 9.05 Å². The van der Waals surface area contributed by atoms with Crippen molar-refractivity contribution in [3.05, 3.63) is 0 Å². The molecule has 66 valence electrons. The van der Waals surface area contributed by atoms with Crippen molar-refractivity contribution < 1.29 is 8.42 Å². The number of hydrogen-bond donors (Lipinski definition) is 1. The van der Waals surface area contributed by atoms with Crippen LogP contribution in [0.5, 0.6) is 0 Å². The van der Waals surface area contributed by atoms with Gasteiger partial charge in [0.25, 0.3) is 0 Å². The van der Waals surface area contributed by atoms with Crippen molar-refractivity contribution in [1.29, 1.82) is 0 Å². The lowest BCUT2D eigenvalue weighted by atomic mass is 9.96. The monoisotopic (exact) mass is 197 g/mol. The second-order valence-electron chi connectivity index (χ2n) is 2.96. The van der Waals surface area contributed by atoms with Crippen LogP contribution >= 0.6 is 10.7 Å². The summed E-state index contributed by atoms with van der Waals surface area (Å²) in [4.78, 5) is 0. The smallest absolute Gasteiger partial charge is 0.236 e. The minimum absolute atomic E-state index is 0.258. The summed E-state index contributed by atoms with van der Waals surface area (Å²) in [7, 11) is 1.77. The van der Waals surface area contributed by atoms with Crippen LogP contribution in [-0.4, -0.2) is 19.7 Å². The van der Waals surface area contributed by atoms with Gasteiger partial charge in [-0.05, 0) is 12.8 Å². The lowest BCUT2D eigenvalue weighted by Gasteiger charge is -2.25. The van der Waals surface area contributed by atoms with E-state index in [1.54, 1.807) is 0 Å². The maximum atomic E-state index is 10.9. The second-order valence-corrected chi connectivity index (χ2v) is 5.81. The first kappa shape index (κ1) is 9.29. The molecule has 0 heterocycles. The van der Waals surface area contributed by atoms with E-state index in [2.05, 4.69) is 0 Å². The molecule has 2 N–H and O–H groups in total. The summed E-state index contributed by atoms with van der Waals surface area (Å²) in [5.41, 5.74) is 5.60. The van der Waals surface area contributed by atoms with Crippen LogP contribution < -0.4 is 5.73 Å². The maximum Gasteiger partial charge on any atom is 0.236 e. The standard InChI is InChI=1S/C6H12ClNO2S/c7-11(9,10)6-4-2-1-3-5(6)8/h5-6H,1-4,8H2. The van der Waals surface area contributed by atoms with E-state index >= 15 is 0 Å². The molecule has 0 aromatic heterocycles. The average Bonchev–Trinajstić information content (AvgIpc) is 1.86. The molecule has 0 amide bonds. The Labute approximate surface area is 71.3 Å². The molecule has 0 radical (unpaired) electrons. The highest BCUT2D eigenvalue weighted by atomic mass is 35.7. The average molecular weight is 198 g/mol. The van der Waals surface area contributed by atoms with E-state index < -0.39 is 14.3 Å². The first-order valence-corrected chi connectivity index (χ1v) is 6.08. The van der Waals surface area contributed by atoms with Gasteiger partial charge in [0.2, 0.25) is 9.05 Å². The van der Waals surface area contributed by atoms with Crippen molar-refractivity contribution in [3.8, 4) is 0 Å². The molecular formula is C6H12ClNO2S. The summed E-state index contributed by atoms with van der Waals surface area (Å²) in [6.07, 6.45) is 3.33. The molecule has 0 aromatic rings. The van der Waals surface area contributed by atoms with Gasteiger partial charge >= 0.3 is 0 Å². The third-order valence-electron chi connectivity index (χ3n) is 2.12. The third kappa shape index (κ3) is 2.32.